The summed E-state index contributed by atoms with van der Waals surface area (Å²) in [6.45, 7) is 5.07. The summed E-state index contributed by atoms with van der Waals surface area (Å²) in [5.74, 6) is 0.832. The monoisotopic (exact) mass is 235 g/mol. The van der Waals surface area contributed by atoms with E-state index in [0.717, 1.165) is 24.5 Å². The lowest BCUT2D eigenvalue weighted by molar-refractivity contribution is 0.306. The summed E-state index contributed by atoms with van der Waals surface area (Å²) in [5.41, 5.74) is 7.77. The van der Waals surface area contributed by atoms with Crippen molar-refractivity contribution in [3.05, 3.63) is 23.8 Å². The van der Waals surface area contributed by atoms with Crippen molar-refractivity contribution in [1.29, 1.82) is 0 Å². The summed E-state index contributed by atoms with van der Waals surface area (Å²) in [4.78, 5) is 0. The Morgan fingerprint density at radius 1 is 1.06 bits per heavy atom. The predicted molar refractivity (Wildman–Crippen MR) is 74.5 cm³/mol. The molecule has 0 aliphatic rings. The van der Waals surface area contributed by atoms with E-state index in [1.807, 2.05) is 18.2 Å². The Morgan fingerprint density at radius 3 is 2.53 bits per heavy atom. The molecule has 0 radical (unpaired) electrons. The summed E-state index contributed by atoms with van der Waals surface area (Å²) in [6.07, 6.45) is 7.70. The molecule has 1 aromatic rings. The van der Waals surface area contributed by atoms with Gasteiger partial charge in [0.2, 0.25) is 0 Å². The van der Waals surface area contributed by atoms with Gasteiger partial charge in [0.1, 0.15) is 5.75 Å². The van der Waals surface area contributed by atoms with Gasteiger partial charge in [0.05, 0.1) is 12.3 Å². The van der Waals surface area contributed by atoms with Gasteiger partial charge < -0.3 is 10.5 Å². The van der Waals surface area contributed by atoms with Crippen LogP contribution in [0.1, 0.15) is 51.0 Å². The molecule has 2 heteroatoms. The standard InChI is InChI=1S/C15H25NO/c1-3-4-5-6-7-8-11-17-15-12-13(2)9-10-14(15)16/h9-10,12H,3-8,11,16H2,1-2H3. The first-order valence-electron chi connectivity index (χ1n) is 6.73. The van der Waals surface area contributed by atoms with Crippen LogP contribution in [0.4, 0.5) is 5.69 Å². The molecular formula is C15H25NO. The summed E-state index contributed by atoms with van der Waals surface area (Å²) in [6, 6.07) is 5.92. The predicted octanol–water partition coefficient (Wildman–Crippen LogP) is 4.32. The second-order valence-corrected chi connectivity index (χ2v) is 4.66. The van der Waals surface area contributed by atoms with Gasteiger partial charge >= 0.3 is 0 Å². The van der Waals surface area contributed by atoms with E-state index in [4.69, 9.17) is 10.5 Å². The number of benzene rings is 1. The molecule has 0 atom stereocenters. The molecular weight excluding hydrogens is 210 g/mol. The topological polar surface area (TPSA) is 35.2 Å². The number of ether oxygens (including phenoxy) is 1. The van der Waals surface area contributed by atoms with Gasteiger partial charge in [-0.2, -0.15) is 0 Å². The van der Waals surface area contributed by atoms with Gasteiger partial charge in [-0.15, -0.1) is 0 Å². The van der Waals surface area contributed by atoms with Crippen molar-refractivity contribution >= 4 is 5.69 Å². The number of aryl methyl sites for hydroxylation is 1. The minimum absolute atomic E-state index is 0.738. The number of nitrogens with two attached hydrogens (primary N) is 1. The van der Waals surface area contributed by atoms with E-state index in [1.54, 1.807) is 0 Å². The first-order valence-corrected chi connectivity index (χ1v) is 6.73. The number of nitrogen functional groups attached to an aromatic ring is 1. The average Bonchev–Trinajstić information content (AvgIpc) is 2.32. The van der Waals surface area contributed by atoms with Crippen LogP contribution in [-0.2, 0) is 0 Å². The van der Waals surface area contributed by atoms with Crippen molar-refractivity contribution < 1.29 is 4.74 Å². The third-order valence-electron chi connectivity index (χ3n) is 2.92. The van der Waals surface area contributed by atoms with Crippen LogP contribution in [-0.4, -0.2) is 6.61 Å². The van der Waals surface area contributed by atoms with E-state index >= 15 is 0 Å². The third kappa shape index (κ3) is 5.62. The lowest BCUT2D eigenvalue weighted by atomic mass is 10.1. The highest BCUT2D eigenvalue weighted by atomic mass is 16.5. The molecule has 0 spiro atoms. The first kappa shape index (κ1) is 13.9. The van der Waals surface area contributed by atoms with E-state index in [2.05, 4.69) is 13.8 Å². The third-order valence-corrected chi connectivity index (χ3v) is 2.92. The molecule has 0 unspecified atom stereocenters. The first-order chi connectivity index (χ1) is 8.24. The highest BCUT2D eigenvalue weighted by Crippen LogP contribution is 2.22. The Bertz CT molecular complexity index is 323. The van der Waals surface area contributed by atoms with E-state index in [-0.39, 0.29) is 0 Å². The number of anilines is 1. The largest absolute Gasteiger partial charge is 0.491 e. The van der Waals surface area contributed by atoms with Gasteiger partial charge in [0.15, 0.2) is 0 Å². The van der Waals surface area contributed by atoms with Gasteiger partial charge in [-0.3, -0.25) is 0 Å². The Hall–Kier alpha value is -1.18. The van der Waals surface area contributed by atoms with Crippen LogP contribution in [0.15, 0.2) is 18.2 Å². The van der Waals surface area contributed by atoms with E-state index < -0.39 is 0 Å². The minimum Gasteiger partial charge on any atom is -0.491 e. The van der Waals surface area contributed by atoms with E-state index in [9.17, 15) is 0 Å². The summed E-state index contributed by atoms with van der Waals surface area (Å²) in [7, 11) is 0. The normalized spacial score (nSPS) is 10.5. The fraction of sp³-hybridized carbons (Fsp3) is 0.600. The molecule has 0 saturated heterocycles. The number of rotatable bonds is 8. The van der Waals surface area contributed by atoms with Crippen molar-refractivity contribution in [2.75, 3.05) is 12.3 Å². The molecule has 0 saturated carbocycles. The Balaban J connectivity index is 2.15. The number of hydrogen-bond donors (Lipinski definition) is 1. The zero-order valence-corrected chi connectivity index (χ0v) is 11.2. The average molecular weight is 235 g/mol. The molecule has 0 heterocycles. The molecule has 0 aromatic heterocycles. The molecule has 17 heavy (non-hydrogen) atoms. The molecule has 0 amide bonds. The Morgan fingerprint density at radius 2 is 1.76 bits per heavy atom. The van der Waals surface area contributed by atoms with Gasteiger partial charge in [-0.1, -0.05) is 45.1 Å². The number of unbranched alkanes of at least 4 members (excludes halogenated alkanes) is 5. The van der Waals surface area contributed by atoms with Gasteiger partial charge in [0, 0.05) is 0 Å². The maximum Gasteiger partial charge on any atom is 0.142 e. The molecule has 0 aliphatic carbocycles. The quantitative estimate of drug-likeness (QED) is 0.538. The van der Waals surface area contributed by atoms with Gasteiger partial charge in [0.25, 0.3) is 0 Å². The van der Waals surface area contributed by atoms with Crippen molar-refractivity contribution in [2.24, 2.45) is 0 Å². The molecule has 2 N–H and O–H groups in total. The van der Waals surface area contributed by atoms with Crippen LogP contribution in [0.5, 0.6) is 5.75 Å². The van der Waals surface area contributed by atoms with E-state index in [0.29, 0.717) is 0 Å². The summed E-state index contributed by atoms with van der Waals surface area (Å²) >= 11 is 0. The minimum atomic E-state index is 0.738. The van der Waals surface area contributed by atoms with Crippen LogP contribution in [0.25, 0.3) is 0 Å². The lowest BCUT2D eigenvalue weighted by Gasteiger charge is -2.09. The van der Waals surface area contributed by atoms with Crippen LogP contribution in [0.2, 0.25) is 0 Å². The Kier molecular flexibility index (Phi) is 6.53. The summed E-state index contributed by atoms with van der Waals surface area (Å²) in [5, 5.41) is 0. The fourth-order valence-corrected chi connectivity index (χ4v) is 1.83. The maximum absolute atomic E-state index is 5.84. The number of hydrogen-bond acceptors (Lipinski definition) is 2. The molecule has 1 aromatic carbocycles. The maximum atomic E-state index is 5.84. The van der Waals surface area contributed by atoms with Crippen molar-refractivity contribution in [2.45, 2.75) is 52.4 Å². The van der Waals surface area contributed by atoms with Crippen molar-refractivity contribution in [3.8, 4) is 5.75 Å². The lowest BCUT2D eigenvalue weighted by Crippen LogP contribution is -2.00. The zero-order chi connectivity index (χ0) is 12.5. The molecule has 0 aliphatic heterocycles. The van der Waals surface area contributed by atoms with Crippen LogP contribution in [0.3, 0.4) is 0 Å². The fourth-order valence-electron chi connectivity index (χ4n) is 1.83. The second kappa shape index (κ2) is 7.99. The van der Waals surface area contributed by atoms with Gasteiger partial charge in [-0.25, -0.2) is 0 Å². The molecule has 96 valence electrons. The highest BCUT2D eigenvalue weighted by molar-refractivity contribution is 5.53. The Labute approximate surface area is 105 Å². The highest BCUT2D eigenvalue weighted by Gasteiger charge is 2.00. The van der Waals surface area contributed by atoms with Crippen molar-refractivity contribution in [3.63, 3.8) is 0 Å². The van der Waals surface area contributed by atoms with Crippen LogP contribution < -0.4 is 10.5 Å². The van der Waals surface area contributed by atoms with Crippen molar-refractivity contribution in [1.82, 2.24) is 0 Å². The van der Waals surface area contributed by atoms with Crippen LogP contribution >= 0.6 is 0 Å². The SMILES string of the molecule is CCCCCCCCOc1cc(C)ccc1N. The molecule has 0 fully saturated rings. The molecule has 1 rings (SSSR count). The van der Waals surface area contributed by atoms with Gasteiger partial charge in [-0.05, 0) is 31.0 Å². The van der Waals surface area contributed by atoms with E-state index in [1.165, 1.54) is 37.7 Å². The second-order valence-electron chi connectivity index (χ2n) is 4.66. The smallest absolute Gasteiger partial charge is 0.142 e. The molecule has 0 bridgehead atoms. The molecule has 2 nitrogen and oxygen atoms in total. The van der Waals surface area contributed by atoms with Crippen LogP contribution in [0, 0.1) is 6.92 Å². The summed E-state index contributed by atoms with van der Waals surface area (Å²) < 4.78 is 5.70. The zero-order valence-electron chi connectivity index (χ0n) is 11.2.